The van der Waals surface area contributed by atoms with Gasteiger partial charge < -0.3 is 19.9 Å². The fraction of sp³-hybridized carbons (Fsp3) is 0.235. The van der Waals surface area contributed by atoms with E-state index >= 15 is 0 Å². The fourth-order valence-electron chi connectivity index (χ4n) is 2.17. The number of aromatic hydroxyl groups is 1. The van der Waals surface area contributed by atoms with E-state index < -0.39 is 17.9 Å². The molecule has 0 radical (unpaired) electrons. The van der Waals surface area contributed by atoms with Gasteiger partial charge in [-0.05, 0) is 30.3 Å². The number of benzene rings is 1. The van der Waals surface area contributed by atoms with Gasteiger partial charge in [-0.25, -0.2) is 9.78 Å². The van der Waals surface area contributed by atoms with Crippen molar-refractivity contribution in [3.05, 3.63) is 53.7 Å². The number of rotatable bonds is 6. The van der Waals surface area contributed by atoms with Crippen molar-refractivity contribution in [3.8, 4) is 11.6 Å². The van der Waals surface area contributed by atoms with Crippen LogP contribution in [0.5, 0.6) is 11.6 Å². The van der Waals surface area contributed by atoms with E-state index in [0.29, 0.717) is 17.0 Å². The SMILES string of the molecule is COC(=O)[C@H](Cc1cccnc1OC)NC(=O)c1ccc(O)cc1. The van der Waals surface area contributed by atoms with E-state index in [2.05, 4.69) is 10.3 Å². The van der Waals surface area contributed by atoms with Crippen LogP contribution < -0.4 is 10.1 Å². The minimum absolute atomic E-state index is 0.0520. The van der Waals surface area contributed by atoms with Crippen LogP contribution in [0, 0.1) is 0 Å². The maximum Gasteiger partial charge on any atom is 0.328 e. The number of aromatic nitrogens is 1. The molecule has 2 aromatic rings. The van der Waals surface area contributed by atoms with E-state index in [1.807, 2.05) is 0 Å². The number of carbonyl (C=O) groups is 2. The lowest BCUT2D eigenvalue weighted by Gasteiger charge is -2.17. The highest BCUT2D eigenvalue weighted by Gasteiger charge is 2.24. The second kappa shape index (κ2) is 7.96. The number of hydrogen-bond acceptors (Lipinski definition) is 6. The summed E-state index contributed by atoms with van der Waals surface area (Å²) >= 11 is 0. The van der Waals surface area contributed by atoms with Crippen molar-refractivity contribution in [2.45, 2.75) is 12.5 Å². The van der Waals surface area contributed by atoms with Gasteiger partial charge in [0.25, 0.3) is 5.91 Å². The van der Waals surface area contributed by atoms with Gasteiger partial charge >= 0.3 is 5.97 Å². The minimum Gasteiger partial charge on any atom is -0.508 e. The lowest BCUT2D eigenvalue weighted by molar-refractivity contribution is -0.142. The summed E-state index contributed by atoms with van der Waals surface area (Å²) in [6.07, 6.45) is 1.75. The zero-order chi connectivity index (χ0) is 17.5. The van der Waals surface area contributed by atoms with Gasteiger partial charge in [0.2, 0.25) is 5.88 Å². The van der Waals surface area contributed by atoms with Gasteiger partial charge in [0.1, 0.15) is 11.8 Å². The molecular weight excluding hydrogens is 312 g/mol. The molecule has 1 aromatic carbocycles. The van der Waals surface area contributed by atoms with E-state index in [1.54, 1.807) is 18.3 Å². The van der Waals surface area contributed by atoms with Crippen LogP contribution in [0.2, 0.25) is 0 Å². The summed E-state index contributed by atoms with van der Waals surface area (Å²) in [6.45, 7) is 0. The molecule has 0 aliphatic heterocycles. The molecule has 0 saturated carbocycles. The molecule has 0 fully saturated rings. The molecule has 0 saturated heterocycles. The van der Waals surface area contributed by atoms with Crippen LogP contribution in [0.1, 0.15) is 15.9 Å². The summed E-state index contributed by atoms with van der Waals surface area (Å²) in [5, 5.41) is 11.9. The first-order valence-electron chi connectivity index (χ1n) is 7.20. The maximum atomic E-state index is 12.3. The minimum atomic E-state index is -0.894. The first-order chi connectivity index (χ1) is 11.5. The number of nitrogens with zero attached hydrogens (tertiary/aromatic N) is 1. The predicted molar refractivity (Wildman–Crippen MR) is 85.9 cm³/mol. The molecule has 0 spiro atoms. The summed E-state index contributed by atoms with van der Waals surface area (Å²) in [7, 11) is 2.73. The summed E-state index contributed by atoms with van der Waals surface area (Å²) in [5.41, 5.74) is 0.987. The van der Waals surface area contributed by atoms with Crippen LogP contribution in [-0.4, -0.2) is 42.2 Å². The average Bonchev–Trinajstić information content (AvgIpc) is 2.61. The quantitative estimate of drug-likeness (QED) is 0.775. The standard InChI is InChI=1S/C17H18N2O5/c1-23-16-12(4-3-9-18-16)10-14(17(22)24-2)19-15(21)11-5-7-13(20)8-6-11/h3-9,14,20H,10H2,1-2H3,(H,19,21)/t14-/m0/s1. The third-order valence-electron chi connectivity index (χ3n) is 3.39. The van der Waals surface area contributed by atoms with Crippen molar-refractivity contribution >= 4 is 11.9 Å². The van der Waals surface area contributed by atoms with Gasteiger partial charge in [0, 0.05) is 23.7 Å². The van der Waals surface area contributed by atoms with Gasteiger partial charge in [0.05, 0.1) is 14.2 Å². The molecule has 1 amide bonds. The number of phenolic OH excluding ortho intramolecular Hbond substituents is 1. The molecule has 2 rings (SSSR count). The predicted octanol–water partition coefficient (Wildman–Crippen LogP) is 1.31. The normalized spacial score (nSPS) is 11.4. The van der Waals surface area contributed by atoms with E-state index in [-0.39, 0.29) is 12.2 Å². The van der Waals surface area contributed by atoms with Crippen LogP contribution >= 0.6 is 0 Å². The van der Waals surface area contributed by atoms with Crippen molar-refractivity contribution < 1.29 is 24.2 Å². The molecule has 0 unspecified atom stereocenters. The highest BCUT2D eigenvalue weighted by Crippen LogP contribution is 2.17. The van der Waals surface area contributed by atoms with Crippen LogP contribution in [0.15, 0.2) is 42.6 Å². The Bertz CT molecular complexity index is 715. The molecule has 0 aliphatic carbocycles. The molecule has 7 heteroatoms. The van der Waals surface area contributed by atoms with Crippen molar-refractivity contribution in [2.75, 3.05) is 14.2 Å². The molecule has 7 nitrogen and oxygen atoms in total. The molecule has 1 aromatic heterocycles. The van der Waals surface area contributed by atoms with E-state index in [0.717, 1.165) is 0 Å². The third-order valence-corrected chi connectivity index (χ3v) is 3.39. The zero-order valence-electron chi connectivity index (χ0n) is 13.4. The molecular formula is C17H18N2O5. The Morgan fingerprint density at radius 2 is 1.92 bits per heavy atom. The van der Waals surface area contributed by atoms with E-state index in [9.17, 15) is 14.7 Å². The Morgan fingerprint density at radius 1 is 1.21 bits per heavy atom. The molecule has 0 bridgehead atoms. The summed E-state index contributed by atoms with van der Waals surface area (Å²) in [4.78, 5) is 28.4. The number of pyridine rings is 1. The highest BCUT2D eigenvalue weighted by molar-refractivity contribution is 5.96. The lowest BCUT2D eigenvalue weighted by Crippen LogP contribution is -2.43. The number of amides is 1. The number of methoxy groups -OCH3 is 2. The second-order valence-corrected chi connectivity index (χ2v) is 4.97. The molecule has 24 heavy (non-hydrogen) atoms. The van der Waals surface area contributed by atoms with Gasteiger partial charge in [-0.15, -0.1) is 0 Å². The number of esters is 1. The second-order valence-electron chi connectivity index (χ2n) is 4.97. The molecule has 2 N–H and O–H groups in total. The molecule has 0 aliphatic rings. The Labute approximate surface area is 139 Å². The third kappa shape index (κ3) is 4.22. The molecule has 1 heterocycles. The molecule has 126 valence electrons. The zero-order valence-corrected chi connectivity index (χ0v) is 13.4. The van der Waals surface area contributed by atoms with Crippen LogP contribution in [0.25, 0.3) is 0 Å². The topological polar surface area (TPSA) is 97.8 Å². The molecule has 1 atom stereocenters. The number of carbonyl (C=O) groups excluding carboxylic acids is 2. The summed E-state index contributed by atoms with van der Waals surface area (Å²) in [6, 6.07) is 8.29. The number of nitrogens with one attached hydrogen (secondary N) is 1. The smallest absolute Gasteiger partial charge is 0.328 e. The van der Waals surface area contributed by atoms with Gasteiger partial charge in [-0.1, -0.05) is 6.07 Å². The van der Waals surface area contributed by atoms with E-state index in [4.69, 9.17) is 9.47 Å². The largest absolute Gasteiger partial charge is 0.508 e. The Kier molecular flexibility index (Phi) is 5.73. The fourth-order valence-corrected chi connectivity index (χ4v) is 2.17. The number of ether oxygens (including phenoxy) is 2. The Balaban J connectivity index is 2.18. The number of hydrogen-bond donors (Lipinski definition) is 2. The monoisotopic (exact) mass is 330 g/mol. The lowest BCUT2D eigenvalue weighted by atomic mass is 10.1. The van der Waals surface area contributed by atoms with Crippen LogP contribution in [0.3, 0.4) is 0 Å². The number of phenols is 1. The summed E-state index contributed by atoms with van der Waals surface area (Å²) < 4.78 is 9.92. The Morgan fingerprint density at radius 3 is 2.54 bits per heavy atom. The van der Waals surface area contributed by atoms with Crippen LogP contribution in [-0.2, 0) is 16.0 Å². The Hall–Kier alpha value is -3.09. The van der Waals surface area contributed by atoms with E-state index in [1.165, 1.54) is 38.5 Å². The van der Waals surface area contributed by atoms with Crippen molar-refractivity contribution in [1.82, 2.24) is 10.3 Å². The maximum absolute atomic E-state index is 12.3. The van der Waals surface area contributed by atoms with Crippen LogP contribution in [0.4, 0.5) is 0 Å². The van der Waals surface area contributed by atoms with Gasteiger partial charge in [-0.2, -0.15) is 0 Å². The summed E-state index contributed by atoms with van der Waals surface area (Å²) in [5.74, 6) is -0.595. The average molecular weight is 330 g/mol. The first-order valence-corrected chi connectivity index (χ1v) is 7.20. The highest BCUT2D eigenvalue weighted by atomic mass is 16.5. The van der Waals surface area contributed by atoms with Gasteiger partial charge in [-0.3, -0.25) is 4.79 Å². The van der Waals surface area contributed by atoms with Gasteiger partial charge in [0.15, 0.2) is 0 Å². The first kappa shape index (κ1) is 17.3. The van der Waals surface area contributed by atoms with Crippen molar-refractivity contribution in [1.29, 1.82) is 0 Å². The van der Waals surface area contributed by atoms with Crippen molar-refractivity contribution in [2.24, 2.45) is 0 Å². The van der Waals surface area contributed by atoms with Crippen molar-refractivity contribution in [3.63, 3.8) is 0 Å².